The van der Waals surface area contributed by atoms with Crippen LogP contribution in [0.25, 0.3) is 0 Å². The van der Waals surface area contributed by atoms with Gasteiger partial charge in [-0.3, -0.25) is 4.79 Å². The van der Waals surface area contributed by atoms with Crippen LogP contribution < -0.4 is 15.1 Å². The van der Waals surface area contributed by atoms with Gasteiger partial charge in [0.2, 0.25) is 5.91 Å². The smallest absolute Gasteiger partial charge is 0.368 e. The monoisotopic (exact) mass is 413 g/mol. The molecule has 4 rings (SSSR count). The van der Waals surface area contributed by atoms with Crippen LogP contribution in [-0.4, -0.2) is 43.8 Å². The van der Waals surface area contributed by atoms with E-state index in [1.54, 1.807) is 6.07 Å². The maximum atomic E-state index is 15.4. The molecule has 1 aromatic rings. The van der Waals surface area contributed by atoms with Gasteiger partial charge in [0.15, 0.2) is 0 Å². The molecule has 1 aromatic carbocycles. The molecule has 0 bridgehead atoms. The summed E-state index contributed by atoms with van der Waals surface area (Å²) in [7, 11) is 0. The quantitative estimate of drug-likeness (QED) is 0.741. The molecule has 0 aromatic heterocycles. The first kappa shape index (κ1) is 20.4. The summed E-state index contributed by atoms with van der Waals surface area (Å²) >= 11 is 0. The number of benzene rings is 1. The summed E-state index contributed by atoms with van der Waals surface area (Å²) in [5, 5.41) is 3.39. The number of amides is 1. The molecule has 1 N–H and O–H groups in total. The van der Waals surface area contributed by atoms with E-state index in [4.69, 9.17) is 0 Å². The minimum Gasteiger partial charge on any atom is -0.368 e. The predicted molar refractivity (Wildman–Crippen MR) is 104 cm³/mol. The zero-order chi connectivity index (χ0) is 21.0. The molecule has 160 valence electrons. The molecule has 1 amide bonds. The highest BCUT2D eigenvalue weighted by molar-refractivity contribution is 6.09. The summed E-state index contributed by atoms with van der Waals surface area (Å²) in [6.07, 6.45) is -1.37. The van der Waals surface area contributed by atoms with Gasteiger partial charge in [0.1, 0.15) is 12.4 Å². The van der Waals surface area contributed by atoms with Crippen molar-refractivity contribution in [3.05, 3.63) is 23.5 Å². The van der Waals surface area contributed by atoms with E-state index in [0.29, 0.717) is 31.6 Å². The van der Waals surface area contributed by atoms with E-state index in [-0.39, 0.29) is 23.3 Å². The molecule has 8 heteroatoms. The fraction of sp³-hybridized carbons (Fsp3) is 0.667. The summed E-state index contributed by atoms with van der Waals surface area (Å²) in [5.41, 5.74) is -0.338. The van der Waals surface area contributed by atoms with Crippen molar-refractivity contribution in [2.75, 3.05) is 29.4 Å². The number of hydrogen-bond acceptors (Lipinski definition) is 3. The van der Waals surface area contributed by atoms with Crippen molar-refractivity contribution in [3.63, 3.8) is 0 Å². The van der Waals surface area contributed by atoms with Crippen LogP contribution in [0.1, 0.15) is 51.5 Å². The van der Waals surface area contributed by atoms with Crippen LogP contribution in [0.15, 0.2) is 12.1 Å². The van der Waals surface area contributed by atoms with Gasteiger partial charge in [-0.15, -0.1) is 0 Å². The number of alkyl halides is 3. The zero-order valence-corrected chi connectivity index (χ0v) is 16.8. The average Bonchev–Trinajstić information content (AvgIpc) is 2.83. The first-order valence-electron chi connectivity index (χ1n) is 10.3. The number of hydrogen-bond donors (Lipinski definition) is 1. The molecule has 2 aliphatic heterocycles. The lowest BCUT2D eigenvalue weighted by molar-refractivity contribution is -0.135. The lowest BCUT2D eigenvalue weighted by Gasteiger charge is -2.38. The van der Waals surface area contributed by atoms with E-state index in [1.807, 2.05) is 18.7 Å². The number of carbonyl (C=O) groups is 1. The second kappa shape index (κ2) is 7.15. The van der Waals surface area contributed by atoms with E-state index < -0.39 is 29.9 Å². The first-order valence-corrected chi connectivity index (χ1v) is 10.3. The van der Waals surface area contributed by atoms with Crippen LogP contribution in [0.4, 0.5) is 28.9 Å². The van der Waals surface area contributed by atoms with Gasteiger partial charge in [-0.25, -0.2) is 4.39 Å². The Morgan fingerprint density at radius 2 is 1.72 bits per heavy atom. The molecule has 0 unspecified atom stereocenters. The van der Waals surface area contributed by atoms with Crippen LogP contribution in [0, 0.1) is 5.82 Å². The first-order chi connectivity index (χ1) is 13.6. The number of piperazine rings is 1. The molecular weight excluding hydrogens is 386 g/mol. The highest BCUT2D eigenvalue weighted by Gasteiger charge is 2.54. The number of nitrogens with zero attached hydrogens (tertiary/aromatic N) is 2. The topological polar surface area (TPSA) is 35.6 Å². The predicted octanol–water partition coefficient (Wildman–Crippen LogP) is 4.12. The highest BCUT2D eigenvalue weighted by Crippen LogP contribution is 2.52. The second-order valence-corrected chi connectivity index (χ2v) is 8.84. The van der Waals surface area contributed by atoms with Gasteiger partial charge in [0, 0.05) is 36.4 Å². The minimum atomic E-state index is -4.54. The molecule has 1 spiro atoms. The number of fused-ring (bicyclic) bond motifs is 2. The molecule has 2 heterocycles. The van der Waals surface area contributed by atoms with E-state index in [2.05, 4.69) is 5.32 Å². The summed E-state index contributed by atoms with van der Waals surface area (Å²) in [5.74, 6) is -1.15. The number of halogens is 4. The van der Waals surface area contributed by atoms with Crippen molar-refractivity contribution in [2.24, 2.45) is 0 Å². The van der Waals surface area contributed by atoms with Crippen molar-refractivity contribution in [3.8, 4) is 0 Å². The summed E-state index contributed by atoms with van der Waals surface area (Å²) < 4.78 is 55.3. The molecule has 2 atom stereocenters. The van der Waals surface area contributed by atoms with Crippen molar-refractivity contribution in [2.45, 2.75) is 69.6 Å². The molecule has 1 aliphatic carbocycles. The molecule has 4 nitrogen and oxygen atoms in total. The standard InChI is InChI=1S/C21H27F4N3O/c1-13-10-27(11-14(2)26-13)15-8-16(22)18-17(9-15)28(12-21(23,24)25)19(29)20(18)6-4-3-5-7-20/h8-9,13-14,26H,3-7,10-12H2,1-2H3/t13-,14+. The summed E-state index contributed by atoms with van der Waals surface area (Å²) in [4.78, 5) is 16.0. The maximum absolute atomic E-state index is 15.4. The second-order valence-electron chi connectivity index (χ2n) is 8.84. The third-order valence-corrected chi connectivity index (χ3v) is 6.45. The Balaban J connectivity index is 1.80. The highest BCUT2D eigenvalue weighted by atomic mass is 19.4. The van der Waals surface area contributed by atoms with Gasteiger partial charge in [-0.1, -0.05) is 19.3 Å². The molecule has 1 saturated heterocycles. The van der Waals surface area contributed by atoms with Crippen molar-refractivity contribution >= 4 is 17.3 Å². The van der Waals surface area contributed by atoms with Crippen LogP contribution in [-0.2, 0) is 10.2 Å². The van der Waals surface area contributed by atoms with E-state index in [1.165, 1.54) is 6.07 Å². The Kier molecular flexibility index (Phi) is 5.04. The molecule has 29 heavy (non-hydrogen) atoms. The van der Waals surface area contributed by atoms with Gasteiger partial charge in [-0.2, -0.15) is 13.2 Å². The largest absolute Gasteiger partial charge is 0.406 e. The maximum Gasteiger partial charge on any atom is 0.406 e. The summed E-state index contributed by atoms with van der Waals surface area (Å²) in [6.45, 7) is 3.91. The van der Waals surface area contributed by atoms with Crippen molar-refractivity contribution < 1.29 is 22.4 Å². The lowest BCUT2D eigenvalue weighted by Crippen LogP contribution is -2.54. The Bertz CT molecular complexity index is 794. The SMILES string of the molecule is C[C@@H]1CN(c2cc(F)c3c(c2)N(CC(F)(F)F)C(=O)C32CCCCC2)C[C@H](C)N1. The van der Waals surface area contributed by atoms with Crippen molar-refractivity contribution in [1.29, 1.82) is 0 Å². The fourth-order valence-corrected chi connectivity index (χ4v) is 5.42. The van der Waals surface area contributed by atoms with Crippen LogP contribution in [0.5, 0.6) is 0 Å². The number of rotatable bonds is 2. The minimum absolute atomic E-state index is 0.100. The molecule has 0 radical (unpaired) electrons. The normalized spacial score (nSPS) is 26.9. The van der Waals surface area contributed by atoms with Gasteiger partial charge < -0.3 is 15.1 Å². The molecule has 2 fully saturated rings. The molecule has 3 aliphatic rings. The van der Waals surface area contributed by atoms with E-state index in [9.17, 15) is 18.0 Å². The number of carbonyl (C=O) groups excluding carboxylic acids is 1. The van der Waals surface area contributed by atoms with Gasteiger partial charge in [-0.05, 0) is 38.8 Å². The third-order valence-electron chi connectivity index (χ3n) is 6.45. The average molecular weight is 413 g/mol. The number of anilines is 2. The number of nitrogens with one attached hydrogen (secondary N) is 1. The molecule has 1 saturated carbocycles. The van der Waals surface area contributed by atoms with Gasteiger partial charge >= 0.3 is 6.18 Å². The Morgan fingerprint density at radius 3 is 2.31 bits per heavy atom. The molecular formula is C21H27F4N3O. The lowest BCUT2D eigenvalue weighted by atomic mass is 9.70. The van der Waals surface area contributed by atoms with Crippen LogP contribution >= 0.6 is 0 Å². The fourth-order valence-electron chi connectivity index (χ4n) is 5.42. The van der Waals surface area contributed by atoms with Gasteiger partial charge in [0.05, 0.1) is 11.1 Å². The Labute approximate surface area is 168 Å². The van der Waals surface area contributed by atoms with E-state index >= 15 is 4.39 Å². The van der Waals surface area contributed by atoms with E-state index in [0.717, 1.165) is 24.2 Å². The summed E-state index contributed by atoms with van der Waals surface area (Å²) in [6, 6.07) is 3.35. The van der Waals surface area contributed by atoms with Crippen LogP contribution in [0.3, 0.4) is 0 Å². The zero-order valence-electron chi connectivity index (χ0n) is 16.8. The van der Waals surface area contributed by atoms with Crippen molar-refractivity contribution in [1.82, 2.24) is 5.32 Å². The Morgan fingerprint density at radius 1 is 1.10 bits per heavy atom. The Hall–Kier alpha value is -1.83. The third kappa shape index (κ3) is 3.60. The van der Waals surface area contributed by atoms with Crippen LogP contribution in [0.2, 0.25) is 0 Å². The van der Waals surface area contributed by atoms with Gasteiger partial charge in [0.25, 0.3) is 0 Å².